The molecule has 0 N–H and O–H groups in total. The number of amides is 3. The lowest BCUT2D eigenvalue weighted by atomic mass is 10.1. The molecule has 1 aliphatic heterocycles. The molecule has 2 atom stereocenters. The third-order valence-corrected chi connectivity index (χ3v) is 5.51. The second kappa shape index (κ2) is 13.1. The van der Waals surface area contributed by atoms with Crippen molar-refractivity contribution in [3.8, 4) is 0 Å². The van der Waals surface area contributed by atoms with Gasteiger partial charge >= 0.3 is 18.2 Å². The molecule has 9 heteroatoms. The van der Waals surface area contributed by atoms with Crippen molar-refractivity contribution in [1.82, 2.24) is 9.80 Å². The first-order valence-electron chi connectivity index (χ1n) is 12.3. The standard InChI is InChI=1S/C26H38N2O7/c1-6-8-15-20(28(24(31)33-7-2)25(32)35-26(3,4)5)22(29)27-17-12-16-21(27)23(30)34-18-19-13-10-9-11-14-19/h9-11,13-14,20-21H,6-8,12,15-18H2,1-5H3/t20?,21-/m0/s1. The van der Waals surface area contributed by atoms with Crippen LogP contribution in [-0.4, -0.2) is 64.7 Å². The molecule has 2 rings (SSSR count). The van der Waals surface area contributed by atoms with E-state index in [2.05, 4.69) is 0 Å². The number of carbonyl (C=O) groups excluding carboxylic acids is 4. The lowest BCUT2D eigenvalue weighted by molar-refractivity contribution is -0.155. The van der Waals surface area contributed by atoms with Crippen LogP contribution in [0.3, 0.4) is 0 Å². The molecular formula is C26H38N2O7. The summed E-state index contributed by atoms with van der Waals surface area (Å²) in [4.78, 5) is 54.6. The Hall–Kier alpha value is -3.10. The topological polar surface area (TPSA) is 102 Å². The van der Waals surface area contributed by atoms with Crippen molar-refractivity contribution < 1.29 is 33.4 Å². The Labute approximate surface area is 207 Å². The summed E-state index contributed by atoms with van der Waals surface area (Å²) in [5, 5.41) is 0. The number of imide groups is 1. The van der Waals surface area contributed by atoms with Crippen molar-refractivity contribution in [2.45, 2.75) is 91.0 Å². The number of likely N-dealkylation sites (tertiary alicyclic amines) is 1. The minimum absolute atomic E-state index is 0.0327. The smallest absolute Gasteiger partial charge is 0.420 e. The van der Waals surface area contributed by atoms with Crippen LogP contribution in [0.2, 0.25) is 0 Å². The molecule has 1 aromatic carbocycles. The average Bonchev–Trinajstić information content (AvgIpc) is 3.29. The number of ether oxygens (including phenoxy) is 3. The van der Waals surface area contributed by atoms with Gasteiger partial charge in [0.2, 0.25) is 5.91 Å². The zero-order valence-electron chi connectivity index (χ0n) is 21.5. The van der Waals surface area contributed by atoms with Crippen LogP contribution in [0.5, 0.6) is 0 Å². The molecular weight excluding hydrogens is 452 g/mol. The Balaban J connectivity index is 2.26. The van der Waals surface area contributed by atoms with Gasteiger partial charge in [-0.15, -0.1) is 0 Å². The molecule has 1 aromatic rings. The second-order valence-electron chi connectivity index (χ2n) is 9.49. The van der Waals surface area contributed by atoms with E-state index in [4.69, 9.17) is 14.2 Å². The molecule has 0 radical (unpaired) electrons. The number of rotatable bonds is 9. The fourth-order valence-corrected chi connectivity index (χ4v) is 3.89. The van der Waals surface area contributed by atoms with E-state index in [1.807, 2.05) is 37.3 Å². The first kappa shape index (κ1) is 28.1. The van der Waals surface area contributed by atoms with Crippen LogP contribution < -0.4 is 0 Å². The number of hydrogen-bond donors (Lipinski definition) is 0. The molecule has 1 saturated heterocycles. The number of nitrogens with zero attached hydrogens (tertiary/aromatic N) is 2. The van der Waals surface area contributed by atoms with Gasteiger partial charge in [0.1, 0.15) is 24.3 Å². The molecule has 0 spiro atoms. The van der Waals surface area contributed by atoms with Crippen LogP contribution in [-0.2, 0) is 30.4 Å². The number of unbranched alkanes of at least 4 members (excludes halogenated alkanes) is 1. The molecule has 1 fully saturated rings. The van der Waals surface area contributed by atoms with Crippen molar-refractivity contribution in [2.24, 2.45) is 0 Å². The number of esters is 1. The largest absolute Gasteiger partial charge is 0.459 e. The summed E-state index contributed by atoms with van der Waals surface area (Å²) in [7, 11) is 0. The van der Waals surface area contributed by atoms with Gasteiger partial charge in [0.15, 0.2) is 0 Å². The van der Waals surface area contributed by atoms with Crippen molar-refractivity contribution in [3.63, 3.8) is 0 Å². The van der Waals surface area contributed by atoms with E-state index in [0.717, 1.165) is 16.9 Å². The van der Waals surface area contributed by atoms with Gasteiger partial charge in [-0.05, 0) is 52.5 Å². The van der Waals surface area contributed by atoms with Crippen molar-refractivity contribution >= 4 is 24.1 Å². The molecule has 0 bridgehead atoms. The Morgan fingerprint density at radius 2 is 1.74 bits per heavy atom. The lowest BCUT2D eigenvalue weighted by Gasteiger charge is -2.34. The van der Waals surface area contributed by atoms with Gasteiger partial charge in [-0.25, -0.2) is 14.4 Å². The Morgan fingerprint density at radius 3 is 2.34 bits per heavy atom. The normalized spacial score (nSPS) is 16.4. The summed E-state index contributed by atoms with van der Waals surface area (Å²) in [5.74, 6) is -0.995. The number of hydrogen-bond acceptors (Lipinski definition) is 7. The maximum Gasteiger partial charge on any atom is 0.420 e. The van der Waals surface area contributed by atoms with E-state index in [-0.39, 0.29) is 19.6 Å². The van der Waals surface area contributed by atoms with Gasteiger partial charge in [-0.3, -0.25) is 4.79 Å². The van der Waals surface area contributed by atoms with Gasteiger partial charge in [0, 0.05) is 6.54 Å². The Bertz CT molecular complexity index is 866. The van der Waals surface area contributed by atoms with E-state index < -0.39 is 41.7 Å². The highest BCUT2D eigenvalue weighted by atomic mass is 16.6. The molecule has 194 valence electrons. The van der Waals surface area contributed by atoms with Gasteiger partial charge in [-0.1, -0.05) is 50.1 Å². The SMILES string of the molecule is CCCCC(C(=O)N1CCC[C@H]1C(=O)OCc1ccccc1)N(C(=O)OCC)C(=O)OC(C)(C)C. The van der Waals surface area contributed by atoms with Crippen LogP contribution >= 0.6 is 0 Å². The third kappa shape index (κ3) is 8.26. The van der Waals surface area contributed by atoms with Crippen LogP contribution in [0, 0.1) is 0 Å². The van der Waals surface area contributed by atoms with Crippen LogP contribution in [0.1, 0.15) is 72.3 Å². The first-order valence-corrected chi connectivity index (χ1v) is 12.3. The van der Waals surface area contributed by atoms with Gasteiger partial charge in [-0.2, -0.15) is 4.90 Å². The summed E-state index contributed by atoms with van der Waals surface area (Å²) in [6, 6.07) is 7.36. The highest BCUT2D eigenvalue weighted by molar-refractivity contribution is 5.97. The van der Waals surface area contributed by atoms with Gasteiger partial charge in [0.25, 0.3) is 0 Å². The van der Waals surface area contributed by atoms with E-state index in [1.165, 1.54) is 4.90 Å². The van der Waals surface area contributed by atoms with Crippen LogP contribution in [0.25, 0.3) is 0 Å². The quantitative estimate of drug-likeness (QED) is 0.366. The van der Waals surface area contributed by atoms with Crippen LogP contribution in [0.15, 0.2) is 30.3 Å². The van der Waals surface area contributed by atoms with Crippen LogP contribution in [0.4, 0.5) is 9.59 Å². The van der Waals surface area contributed by atoms with Gasteiger partial charge < -0.3 is 19.1 Å². The molecule has 35 heavy (non-hydrogen) atoms. The predicted molar refractivity (Wildman–Crippen MR) is 129 cm³/mol. The predicted octanol–water partition coefficient (Wildman–Crippen LogP) is 4.67. The maximum absolute atomic E-state index is 13.7. The van der Waals surface area contributed by atoms with E-state index in [0.29, 0.717) is 25.8 Å². The molecule has 3 amide bonds. The number of carbonyl (C=O) groups is 4. The zero-order chi connectivity index (χ0) is 26.0. The third-order valence-electron chi connectivity index (χ3n) is 5.51. The fraction of sp³-hybridized carbons (Fsp3) is 0.615. The Kier molecular flexibility index (Phi) is 10.5. The first-order chi connectivity index (χ1) is 16.6. The highest BCUT2D eigenvalue weighted by Gasteiger charge is 2.44. The van der Waals surface area contributed by atoms with E-state index >= 15 is 0 Å². The zero-order valence-corrected chi connectivity index (χ0v) is 21.5. The van der Waals surface area contributed by atoms with Crippen molar-refractivity contribution in [2.75, 3.05) is 13.2 Å². The minimum atomic E-state index is -1.15. The molecule has 0 saturated carbocycles. The molecule has 0 aromatic heterocycles. The molecule has 1 aliphatic rings. The summed E-state index contributed by atoms with van der Waals surface area (Å²) in [6.07, 6.45) is 0.736. The van der Waals surface area contributed by atoms with E-state index in [1.54, 1.807) is 27.7 Å². The molecule has 1 unspecified atom stereocenters. The van der Waals surface area contributed by atoms with E-state index in [9.17, 15) is 19.2 Å². The van der Waals surface area contributed by atoms with Gasteiger partial charge in [0.05, 0.1) is 6.61 Å². The molecule has 0 aliphatic carbocycles. The summed E-state index contributed by atoms with van der Waals surface area (Å²) in [5.41, 5.74) is -0.0339. The summed E-state index contributed by atoms with van der Waals surface area (Å²) in [6.45, 7) is 9.06. The monoisotopic (exact) mass is 490 g/mol. The second-order valence-corrected chi connectivity index (χ2v) is 9.49. The summed E-state index contributed by atoms with van der Waals surface area (Å²) >= 11 is 0. The molecule has 1 heterocycles. The summed E-state index contributed by atoms with van der Waals surface area (Å²) < 4.78 is 16.0. The minimum Gasteiger partial charge on any atom is -0.459 e. The van der Waals surface area contributed by atoms with Crippen molar-refractivity contribution in [1.29, 1.82) is 0 Å². The fourth-order valence-electron chi connectivity index (χ4n) is 3.89. The molecule has 9 nitrogen and oxygen atoms in total. The van der Waals surface area contributed by atoms with Crippen molar-refractivity contribution in [3.05, 3.63) is 35.9 Å². The number of benzene rings is 1. The lowest BCUT2D eigenvalue weighted by Crippen LogP contribution is -2.56. The Morgan fingerprint density at radius 1 is 1.06 bits per heavy atom. The highest BCUT2D eigenvalue weighted by Crippen LogP contribution is 2.25. The maximum atomic E-state index is 13.7. The average molecular weight is 491 g/mol.